The summed E-state index contributed by atoms with van der Waals surface area (Å²) in [6.45, 7) is -1.75. The zero-order valence-electron chi connectivity index (χ0n) is 10.0. The lowest BCUT2D eigenvalue weighted by Gasteiger charge is -2.30. The van der Waals surface area contributed by atoms with E-state index in [0.717, 1.165) is 0 Å². The molecule has 0 aromatic rings. The van der Waals surface area contributed by atoms with Gasteiger partial charge in [-0.2, -0.15) is 0 Å². The molecular formula is C11H19NO6. The van der Waals surface area contributed by atoms with Crippen LogP contribution in [-0.2, 0) is 9.59 Å². The van der Waals surface area contributed by atoms with Crippen molar-refractivity contribution in [2.45, 2.75) is 24.8 Å². The van der Waals surface area contributed by atoms with Crippen molar-refractivity contribution in [3.05, 3.63) is 0 Å². The van der Waals surface area contributed by atoms with E-state index in [0.29, 0.717) is 12.8 Å². The normalized spacial score (nSPS) is 23.9. The summed E-state index contributed by atoms with van der Waals surface area (Å²) in [6.07, 6.45) is 1.15. The van der Waals surface area contributed by atoms with Crippen LogP contribution in [0.25, 0.3) is 0 Å². The molecular weight excluding hydrogens is 242 g/mol. The van der Waals surface area contributed by atoms with E-state index >= 15 is 0 Å². The van der Waals surface area contributed by atoms with E-state index in [-0.39, 0.29) is 6.42 Å². The van der Waals surface area contributed by atoms with Gasteiger partial charge in [0, 0.05) is 5.92 Å². The molecule has 0 aliphatic heterocycles. The number of aliphatic hydroxyl groups excluding tert-OH is 3. The molecule has 0 heterocycles. The van der Waals surface area contributed by atoms with Crippen LogP contribution in [0.3, 0.4) is 0 Å². The molecule has 2 unspecified atom stereocenters. The molecule has 5 N–H and O–H groups in total. The maximum atomic E-state index is 11.9. The Bertz CT molecular complexity index is 306. The molecule has 2 atom stereocenters. The standard InChI is InChI=1S/C11H19NO6/c13-4-11(5-14,6-15)12-9(16)7-1-2-8(3-7)10(17)18/h7-8,13-15H,1-6H2,(H,12,16)(H,17,18). The summed E-state index contributed by atoms with van der Waals surface area (Å²) in [6, 6.07) is 0. The predicted molar refractivity (Wildman–Crippen MR) is 60.6 cm³/mol. The molecule has 1 fully saturated rings. The van der Waals surface area contributed by atoms with E-state index in [2.05, 4.69) is 5.32 Å². The van der Waals surface area contributed by atoms with E-state index in [1.807, 2.05) is 0 Å². The summed E-state index contributed by atoms with van der Waals surface area (Å²) in [5.74, 6) is -2.32. The van der Waals surface area contributed by atoms with Crippen LogP contribution in [0, 0.1) is 11.8 Å². The number of hydrogen-bond donors (Lipinski definition) is 5. The van der Waals surface area contributed by atoms with Crippen molar-refractivity contribution in [3.63, 3.8) is 0 Å². The molecule has 1 rings (SSSR count). The van der Waals surface area contributed by atoms with Gasteiger partial charge < -0.3 is 25.7 Å². The lowest BCUT2D eigenvalue weighted by Crippen LogP contribution is -2.58. The fraction of sp³-hybridized carbons (Fsp3) is 0.818. The fourth-order valence-electron chi connectivity index (χ4n) is 2.08. The van der Waals surface area contributed by atoms with E-state index in [1.54, 1.807) is 0 Å². The molecule has 7 nitrogen and oxygen atoms in total. The van der Waals surface area contributed by atoms with Crippen LogP contribution in [0.5, 0.6) is 0 Å². The Kier molecular flexibility index (Phi) is 5.06. The molecule has 1 amide bonds. The Balaban J connectivity index is 2.58. The highest BCUT2D eigenvalue weighted by molar-refractivity contribution is 5.81. The van der Waals surface area contributed by atoms with Gasteiger partial charge in [0.15, 0.2) is 0 Å². The van der Waals surface area contributed by atoms with E-state index < -0.39 is 49.1 Å². The molecule has 0 saturated heterocycles. The topological polar surface area (TPSA) is 127 Å². The number of aliphatic carboxylic acids is 1. The SMILES string of the molecule is O=C(O)C1CCC(C(=O)NC(CO)(CO)CO)C1. The molecule has 0 aromatic carbocycles. The number of carbonyl (C=O) groups excluding carboxylic acids is 1. The van der Waals surface area contributed by atoms with Crippen molar-refractivity contribution in [3.8, 4) is 0 Å². The molecule has 0 bridgehead atoms. The van der Waals surface area contributed by atoms with Crippen molar-refractivity contribution in [2.75, 3.05) is 19.8 Å². The van der Waals surface area contributed by atoms with Crippen LogP contribution in [0.2, 0.25) is 0 Å². The number of aliphatic hydroxyl groups is 3. The number of carboxylic acid groups (broad SMARTS) is 1. The van der Waals surface area contributed by atoms with Gasteiger partial charge in [0.1, 0.15) is 5.54 Å². The molecule has 0 radical (unpaired) electrons. The summed E-state index contributed by atoms with van der Waals surface area (Å²) in [4.78, 5) is 22.6. The van der Waals surface area contributed by atoms with E-state index in [1.165, 1.54) is 0 Å². The highest BCUT2D eigenvalue weighted by Gasteiger charge is 2.37. The van der Waals surface area contributed by atoms with Gasteiger partial charge in [0.25, 0.3) is 0 Å². The first kappa shape index (κ1) is 14.9. The maximum absolute atomic E-state index is 11.9. The predicted octanol–water partition coefficient (Wildman–Crippen LogP) is -1.68. The summed E-state index contributed by atoms with van der Waals surface area (Å²) < 4.78 is 0. The molecule has 1 saturated carbocycles. The van der Waals surface area contributed by atoms with Gasteiger partial charge >= 0.3 is 5.97 Å². The minimum absolute atomic E-state index is 0.250. The number of rotatable bonds is 6. The Labute approximate surface area is 104 Å². The Hall–Kier alpha value is -1.18. The van der Waals surface area contributed by atoms with Crippen molar-refractivity contribution in [1.29, 1.82) is 0 Å². The summed E-state index contributed by atoms with van der Waals surface area (Å²) in [5, 5.41) is 38.5. The van der Waals surface area contributed by atoms with Gasteiger partial charge in [0.05, 0.1) is 25.7 Å². The largest absolute Gasteiger partial charge is 0.481 e. The first-order valence-corrected chi connectivity index (χ1v) is 5.85. The maximum Gasteiger partial charge on any atom is 0.306 e. The van der Waals surface area contributed by atoms with Gasteiger partial charge in [-0.05, 0) is 19.3 Å². The zero-order valence-corrected chi connectivity index (χ0v) is 10.0. The third kappa shape index (κ3) is 3.18. The van der Waals surface area contributed by atoms with E-state index in [4.69, 9.17) is 20.4 Å². The van der Waals surface area contributed by atoms with E-state index in [9.17, 15) is 9.59 Å². The first-order chi connectivity index (χ1) is 8.48. The van der Waals surface area contributed by atoms with Crippen LogP contribution in [0.4, 0.5) is 0 Å². The molecule has 0 spiro atoms. The van der Waals surface area contributed by atoms with Crippen LogP contribution >= 0.6 is 0 Å². The lowest BCUT2D eigenvalue weighted by atomic mass is 9.99. The van der Waals surface area contributed by atoms with Crippen molar-refractivity contribution in [1.82, 2.24) is 5.32 Å². The summed E-state index contributed by atoms with van der Waals surface area (Å²) in [7, 11) is 0. The third-order valence-electron chi connectivity index (χ3n) is 3.45. The van der Waals surface area contributed by atoms with Gasteiger partial charge in [0.2, 0.25) is 5.91 Å². The highest BCUT2D eigenvalue weighted by atomic mass is 16.4. The second-order valence-corrected chi connectivity index (χ2v) is 4.79. The Morgan fingerprint density at radius 1 is 1.06 bits per heavy atom. The molecule has 18 heavy (non-hydrogen) atoms. The van der Waals surface area contributed by atoms with Gasteiger partial charge in [-0.1, -0.05) is 0 Å². The van der Waals surface area contributed by atoms with Gasteiger partial charge in [-0.15, -0.1) is 0 Å². The molecule has 1 aliphatic rings. The highest BCUT2D eigenvalue weighted by Crippen LogP contribution is 2.31. The van der Waals surface area contributed by atoms with Gasteiger partial charge in [-0.25, -0.2) is 0 Å². The number of nitrogens with one attached hydrogen (secondary N) is 1. The molecule has 104 valence electrons. The Morgan fingerprint density at radius 3 is 1.94 bits per heavy atom. The van der Waals surface area contributed by atoms with Crippen molar-refractivity contribution >= 4 is 11.9 Å². The molecule has 1 aliphatic carbocycles. The average Bonchev–Trinajstić information content (AvgIpc) is 2.86. The van der Waals surface area contributed by atoms with Crippen LogP contribution in [-0.4, -0.2) is 57.7 Å². The number of carboxylic acids is 1. The summed E-state index contributed by atoms with van der Waals surface area (Å²) in [5.41, 5.74) is -1.45. The van der Waals surface area contributed by atoms with Crippen molar-refractivity contribution < 1.29 is 30.0 Å². The monoisotopic (exact) mass is 261 g/mol. The summed E-state index contributed by atoms with van der Waals surface area (Å²) >= 11 is 0. The second kappa shape index (κ2) is 6.12. The lowest BCUT2D eigenvalue weighted by molar-refractivity contribution is -0.141. The minimum atomic E-state index is -1.45. The average molecular weight is 261 g/mol. The van der Waals surface area contributed by atoms with Crippen LogP contribution in [0.15, 0.2) is 0 Å². The smallest absolute Gasteiger partial charge is 0.306 e. The number of carbonyl (C=O) groups is 2. The first-order valence-electron chi connectivity index (χ1n) is 5.85. The third-order valence-corrected chi connectivity index (χ3v) is 3.45. The molecule has 0 aromatic heterocycles. The van der Waals surface area contributed by atoms with Gasteiger partial charge in [-0.3, -0.25) is 9.59 Å². The zero-order chi connectivity index (χ0) is 13.8. The fourth-order valence-corrected chi connectivity index (χ4v) is 2.08. The van der Waals surface area contributed by atoms with Crippen molar-refractivity contribution in [2.24, 2.45) is 11.8 Å². The number of amides is 1. The second-order valence-electron chi connectivity index (χ2n) is 4.79. The number of hydrogen-bond acceptors (Lipinski definition) is 5. The molecule has 7 heteroatoms. The quantitative estimate of drug-likeness (QED) is 0.388. The Morgan fingerprint density at radius 2 is 1.56 bits per heavy atom. The minimum Gasteiger partial charge on any atom is -0.481 e. The van der Waals surface area contributed by atoms with Crippen LogP contribution in [0.1, 0.15) is 19.3 Å². The van der Waals surface area contributed by atoms with Crippen LogP contribution < -0.4 is 5.32 Å².